The number of benzene rings is 2. The second kappa shape index (κ2) is 6.87. The van der Waals surface area contributed by atoms with Gasteiger partial charge < -0.3 is 10.1 Å². The number of ether oxygens (including phenoxy) is 1. The lowest BCUT2D eigenvalue weighted by atomic mass is 9.92. The fraction of sp³-hybridized carbons (Fsp3) is 0.300. The first-order valence-corrected chi connectivity index (χ1v) is 8.19. The maximum Gasteiger partial charge on any atom is 0.337 e. The van der Waals surface area contributed by atoms with Gasteiger partial charge in [-0.05, 0) is 67.1 Å². The molecule has 0 radical (unpaired) electrons. The minimum atomic E-state index is -0.355. The Kier molecular flexibility index (Phi) is 4.65. The predicted octanol–water partition coefficient (Wildman–Crippen LogP) is 3.73. The molecule has 2 aromatic rings. The first-order valence-electron chi connectivity index (χ1n) is 8.19. The molecule has 0 bridgehead atoms. The number of methoxy groups -OCH3 is 1. The summed E-state index contributed by atoms with van der Waals surface area (Å²) in [6.07, 6.45) is 3.33. The van der Waals surface area contributed by atoms with Gasteiger partial charge in [-0.2, -0.15) is 0 Å². The monoisotopic (exact) mass is 323 g/mol. The van der Waals surface area contributed by atoms with Crippen molar-refractivity contribution in [2.75, 3.05) is 7.11 Å². The van der Waals surface area contributed by atoms with E-state index in [9.17, 15) is 9.59 Å². The van der Waals surface area contributed by atoms with Gasteiger partial charge in [-0.15, -0.1) is 0 Å². The average molecular weight is 323 g/mol. The molecule has 1 amide bonds. The third-order valence-electron chi connectivity index (χ3n) is 4.56. The minimum Gasteiger partial charge on any atom is -0.465 e. The van der Waals surface area contributed by atoms with Crippen LogP contribution in [0.3, 0.4) is 0 Å². The molecule has 4 nitrogen and oxygen atoms in total. The number of hydrogen-bond acceptors (Lipinski definition) is 3. The lowest BCUT2D eigenvalue weighted by Gasteiger charge is -2.26. The summed E-state index contributed by atoms with van der Waals surface area (Å²) in [5, 5.41) is 3.06. The Balaban J connectivity index is 1.85. The van der Waals surface area contributed by atoms with Gasteiger partial charge in [0.25, 0.3) is 5.91 Å². The maximum atomic E-state index is 12.4. The first kappa shape index (κ1) is 16.2. The van der Waals surface area contributed by atoms with Gasteiger partial charge in [0.15, 0.2) is 0 Å². The molecule has 1 aliphatic rings. The van der Waals surface area contributed by atoms with Gasteiger partial charge in [-0.25, -0.2) is 4.79 Å². The Labute approximate surface area is 141 Å². The van der Waals surface area contributed by atoms with Crippen LogP contribution in [0, 0.1) is 6.92 Å². The molecule has 24 heavy (non-hydrogen) atoms. The van der Waals surface area contributed by atoms with Gasteiger partial charge in [-0.3, -0.25) is 4.79 Å². The van der Waals surface area contributed by atoms with Crippen LogP contribution in [0.15, 0.2) is 42.5 Å². The summed E-state index contributed by atoms with van der Waals surface area (Å²) < 4.78 is 4.72. The Morgan fingerprint density at radius 2 is 1.71 bits per heavy atom. The number of nitrogens with one attached hydrogen (secondary N) is 1. The highest BCUT2D eigenvalue weighted by Crippen LogP contribution is 2.26. The molecule has 0 atom stereocenters. The van der Waals surface area contributed by atoms with Crippen molar-refractivity contribution in [3.63, 3.8) is 0 Å². The number of hydrogen-bond donors (Lipinski definition) is 1. The van der Waals surface area contributed by atoms with Crippen LogP contribution >= 0.6 is 0 Å². The van der Waals surface area contributed by atoms with E-state index in [2.05, 4.69) is 5.32 Å². The summed E-state index contributed by atoms with van der Waals surface area (Å²) in [6, 6.07) is 13.3. The molecule has 124 valence electrons. The molecule has 3 rings (SSSR count). The number of amides is 1. The zero-order valence-corrected chi connectivity index (χ0v) is 14.0. The van der Waals surface area contributed by atoms with Crippen LogP contribution in [0.4, 0.5) is 0 Å². The van der Waals surface area contributed by atoms with Crippen molar-refractivity contribution in [2.24, 2.45) is 0 Å². The number of carbonyl (C=O) groups excluding carboxylic acids is 2. The Morgan fingerprint density at radius 1 is 1.04 bits per heavy atom. The van der Waals surface area contributed by atoms with Gasteiger partial charge in [-0.1, -0.05) is 18.2 Å². The van der Waals surface area contributed by atoms with Crippen LogP contribution < -0.4 is 5.32 Å². The molecule has 1 saturated carbocycles. The molecule has 1 N–H and O–H groups in total. The van der Waals surface area contributed by atoms with Crippen LogP contribution in [0.2, 0.25) is 0 Å². The van der Waals surface area contributed by atoms with Gasteiger partial charge >= 0.3 is 5.97 Å². The highest BCUT2D eigenvalue weighted by Gasteiger charge is 2.20. The summed E-state index contributed by atoms with van der Waals surface area (Å²) in [6.45, 7) is 2.01. The van der Waals surface area contributed by atoms with Crippen molar-refractivity contribution in [3.8, 4) is 11.1 Å². The van der Waals surface area contributed by atoms with E-state index in [4.69, 9.17) is 4.74 Å². The molecule has 0 unspecified atom stereocenters. The first-order chi connectivity index (χ1) is 11.6. The zero-order valence-electron chi connectivity index (χ0n) is 14.0. The largest absolute Gasteiger partial charge is 0.465 e. The van der Waals surface area contributed by atoms with E-state index in [1.807, 2.05) is 37.3 Å². The summed E-state index contributed by atoms with van der Waals surface area (Å²) in [4.78, 5) is 23.9. The lowest BCUT2D eigenvalue weighted by molar-refractivity contribution is 0.0600. The second-order valence-electron chi connectivity index (χ2n) is 6.20. The third-order valence-corrected chi connectivity index (χ3v) is 4.56. The normalized spacial score (nSPS) is 13.9. The molecule has 0 aliphatic heterocycles. The van der Waals surface area contributed by atoms with Crippen LogP contribution in [-0.4, -0.2) is 25.0 Å². The van der Waals surface area contributed by atoms with Crippen molar-refractivity contribution in [1.82, 2.24) is 5.32 Å². The highest BCUT2D eigenvalue weighted by molar-refractivity contribution is 5.96. The summed E-state index contributed by atoms with van der Waals surface area (Å²) >= 11 is 0. The minimum absolute atomic E-state index is 0.0212. The molecular weight excluding hydrogens is 302 g/mol. The molecular formula is C20H21NO3. The molecule has 4 heteroatoms. The molecule has 1 fully saturated rings. The lowest BCUT2D eigenvalue weighted by Crippen LogP contribution is -2.39. The third kappa shape index (κ3) is 3.32. The average Bonchev–Trinajstić information content (AvgIpc) is 2.58. The van der Waals surface area contributed by atoms with E-state index >= 15 is 0 Å². The smallest absolute Gasteiger partial charge is 0.337 e. The molecule has 2 aromatic carbocycles. The fourth-order valence-corrected chi connectivity index (χ4v) is 2.80. The Bertz CT molecular complexity index is 761. The molecule has 0 aromatic heterocycles. The predicted molar refractivity (Wildman–Crippen MR) is 93.1 cm³/mol. The van der Waals surface area contributed by atoms with Crippen molar-refractivity contribution >= 4 is 11.9 Å². The van der Waals surface area contributed by atoms with E-state index in [-0.39, 0.29) is 11.9 Å². The Hall–Kier alpha value is -2.62. The van der Waals surface area contributed by atoms with E-state index in [1.54, 1.807) is 12.1 Å². The van der Waals surface area contributed by atoms with Gasteiger partial charge in [0.1, 0.15) is 0 Å². The van der Waals surface area contributed by atoms with Crippen LogP contribution in [0.1, 0.15) is 45.5 Å². The highest BCUT2D eigenvalue weighted by atomic mass is 16.5. The van der Waals surface area contributed by atoms with Gasteiger partial charge in [0, 0.05) is 11.6 Å². The van der Waals surface area contributed by atoms with Crippen LogP contribution in [0.25, 0.3) is 11.1 Å². The van der Waals surface area contributed by atoms with E-state index in [0.29, 0.717) is 17.2 Å². The number of carbonyl (C=O) groups is 2. The van der Waals surface area contributed by atoms with Gasteiger partial charge in [0.2, 0.25) is 0 Å². The number of aryl methyl sites for hydroxylation is 1. The quantitative estimate of drug-likeness (QED) is 0.872. The van der Waals surface area contributed by atoms with E-state index in [0.717, 1.165) is 29.5 Å². The summed E-state index contributed by atoms with van der Waals surface area (Å²) in [5.74, 6) is -0.376. The molecule has 0 saturated heterocycles. The van der Waals surface area contributed by atoms with Crippen molar-refractivity contribution < 1.29 is 14.3 Å². The molecule has 0 heterocycles. The number of rotatable bonds is 4. The summed E-state index contributed by atoms with van der Waals surface area (Å²) in [7, 11) is 1.37. The molecule has 0 spiro atoms. The SMILES string of the molecule is COC(=O)c1ccc(-c2cc(C(=O)NC3CCC3)ccc2C)cc1. The zero-order chi connectivity index (χ0) is 17.1. The van der Waals surface area contributed by atoms with Crippen molar-refractivity contribution in [3.05, 3.63) is 59.2 Å². The Morgan fingerprint density at radius 3 is 2.29 bits per heavy atom. The molecule has 1 aliphatic carbocycles. The summed E-state index contributed by atoms with van der Waals surface area (Å²) in [5.41, 5.74) is 4.23. The standard InChI is InChI=1S/C20H21NO3/c1-13-6-7-16(19(22)21-17-4-3-5-17)12-18(13)14-8-10-15(11-9-14)20(23)24-2/h6-12,17H,3-5H2,1-2H3,(H,21,22). The maximum absolute atomic E-state index is 12.4. The van der Waals surface area contributed by atoms with Crippen LogP contribution in [0.5, 0.6) is 0 Å². The fourth-order valence-electron chi connectivity index (χ4n) is 2.80. The van der Waals surface area contributed by atoms with E-state index in [1.165, 1.54) is 13.5 Å². The second-order valence-corrected chi connectivity index (χ2v) is 6.20. The van der Waals surface area contributed by atoms with Crippen molar-refractivity contribution in [1.29, 1.82) is 0 Å². The van der Waals surface area contributed by atoms with Crippen LogP contribution in [-0.2, 0) is 4.74 Å². The topological polar surface area (TPSA) is 55.4 Å². The van der Waals surface area contributed by atoms with Gasteiger partial charge in [0.05, 0.1) is 12.7 Å². The van der Waals surface area contributed by atoms with E-state index < -0.39 is 0 Å². The number of esters is 1. The van der Waals surface area contributed by atoms with Crippen molar-refractivity contribution in [2.45, 2.75) is 32.2 Å².